The molecule has 0 amide bonds. The van der Waals surface area contributed by atoms with Crippen LogP contribution in [0.4, 0.5) is 0 Å². The van der Waals surface area contributed by atoms with Gasteiger partial charge in [-0.25, -0.2) is 0 Å². The van der Waals surface area contributed by atoms with Crippen LogP contribution >= 0.6 is 0 Å². The van der Waals surface area contributed by atoms with Gasteiger partial charge in [-0.05, 0) is 25.7 Å². The van der Waals surface area contributed by atoms with Crippen molar-refractivity contribution in [1.82, 2.24) is 0 Å². The van der Waals surface area contributed by atoms with E-state index < -0.39 is 32.3 Å². The van der Waals surface area contributed by atoms with Crippen molar-refractivity contribution in [2.75, 3.05) is 0 Å². The Morgan fingerprint density at radius 3 is 0.625 bits per heavy atom. The molecule has 0 nitrogen and oxygen atoms in total. The van der Waals surface area contributed by atoms with Crippen molar-refractivity contribution in [2.24, 2.45) is 0 Å². The van der Waals surface area contributed by atoms with Gasteiger partial charge in [-0.1, -0.05) is 102 Å². The van der Waals surface area contributed by atoms with Crippen LogP contribution in [-0.2, 0) is 0 Å². The molecule has 0 N–H and O–H groups in total. The molecule has 0 fully saturated rings. The Bertz CT molecular complexity index is 842. The van der Waals surface area contributed by atoms with Crippen molar-refractivity contribution in [1.29, 1.82) is 0 Å². The summed E-state index contributed by atoms with van der Waals surface area (Å²) in [5.41, 5.74) is 19.4. The van der Waals surface area contributed by atoms with E-state index in [9.17, 15) is 0 Å². The molecule has 0 spiro atoms. The standard InChI is InChI=1S/C28H44Si4/c1-29(2,3)21-17-25-13-14-27(19-23-31(7,8)9)28(20-24-32(10,11)12)16-15-26(25)18-22-30(4,5)6/h13-16H2,1-12H3/b26-25-,28-27-. The lowest BCUT2D eigenvalue weighted by Crippen LogP contribution is -2.17. The first-order valence-electron chi connectivity index (χ1n) is 11.9. The van der Waals surface area contributed by atoms with Crippen molar-refractivity contribution >= 4 is 32.3 Å². The number of allylic oxidation sites excluding steroid dienone is 4. The molecule has 1 aliphatic carbocycles. The van der Waals surface area contributed by atoms with Gasteiger partial charge in [0.15, 0.2) is 0 Å². The van der Waals surface area contributed by atoms with E-state index >= 15 is 0 Å². The summed E-state index contributed by atoms with van der Waals surface area (Å²) in [5, 5.41) is 0. The lowest BCUT2D eigenvalue weighted by atomic mass is 9.90. The van der Waals surface area contributed by atoms with Crippen LogP contribution < -0.4 is 0 Å². The van der Waals surface area contributed by atoms with E-state index in [2.05, 4.69) is 124 Å². The number of hydrogen-bond acceptors (Lipinski definition) is 0. The molecule has 0 unspecified atom stereocenters. The molecule has 0 atom stereocenters. The van der Waals surface area contributed by atoms with Gasteiger partial charge < -0.3 is 0 Å². The SMILES string of the molecule is C[Si](C)(C)C#C/C1=C(\C#C[Si](C)(C)C)CC/C(C#C[Si](C)(C)C)=C(/C#C[Si](C)(C)C)CC1. The summed E-state index contributed by atoms with van der Waals surface area (Å²) < 4.78 is 0. The van der Waals surface area contributed by atoms with Crippen molar-refractivity contribution in [3.05, 3.63) is 22.3 Å². The largest absolute Gasteiger partial charge is 0.129 e. The van der Waals surface area contributed by atoms with Crippen molar-refractivity contribution in [3.8, 4) is 45.9 Å². The monoisotopic (exact) mass is 492 g/mol. The Morgan fingerprint density at radius 2 is 0.500 bits per heavy atom. The van der Waals surface area contributed by atoms with Gasteiger partial charge in [0.1, 0.15) is 32.3 Å². The second kappa shape index (κ2) is 11.1. The zero-order valence-corrected chi connectivity index (χ0v) is 26.8. The molecule has 1 aliphatic rings. The minimum Gasteiger partial charge on any atom is -0.127 e. The van der Waals surface area contributed by atoms with E-state index in [4.69, 9.17) is 0 Å². The smallest absolute Gasteiger partial charge is 0.127 e. The molecule has 0 aromatic carbocycles. The van der Waals surface area contributed by atoms with Crippen LogP contribution in [0.2, 0.25) is 78.6 Å². The van der Waals surface area contributed by atoms with Gasteiger partial charge in [0.25, 0.3) is 0 Å². The molecular weight excluding hydrogens is 449 g/mol. The van der Waals surface area contributed by atoms with Crippen LogP contribution in [0.5, 0.6) is 0 Å². The minimum atomic E-state index is -1.45. The summed E-state index contributed by atoms with van der Waals surface area (Å²) in [6.45, 7) is 27.7. The topological polar surface area (TPSA) is 0 Å². The Hall–Kier alpha value is -1.41. The molecule has 0 heterocycles. The van der Waals surface area contributed by atoms with E-state index in [1.54, 1.807) is 0 Å². The zero-order chi connectivity index (χ0) is 24.8. The van der Waals surface area contributed by atoms with Crippen LogP contribution in [0, 0.1) is 45.9 Å². The van der Waals surface area contributed by atoms with E-state index in [-0.39, 0.29) is 0 Å². The summed E-state index contributed by atoms with van der Waals surface area (Å²) in [4.78, 5) is 0. The van der Waals surface area contributed by atoms with Gasteiger partial charge in [0.05, 0.1) is 0 Å². The average molecular weight is 493 g/mol. The predicted molar refractivity (Wildman–Crippen MR) is 157 cm³/mol. The second-order valence-electron chi connectivity index (χ2n) is 12.9. The Labute approximate surface area is 204 Å². The molecule has 4 heteroatoms. The third kappa shape index (κ3) is 13.2. The fourth-order valence-corrected chi connectivity index (χ4v) is 4.81. The van der Waals surface area contributed by atoms with Crippen LogP contribution in [0.25, 0.3) is 0 Å². The molecular formula is C28H44Si4. The zero-order valence-electron chi connectivity index (χ0n) is 22.8. The van der Waals surface area contributed by atoms with Gasteiger partial charge in [-0.3, -0.25) is 0 Å². The summed E-state index contributed by atoms with van der Waals surface area (Å²) in [6, 6.07) is 0. The lowest BCUT2D eigenvalue weighted by molar-refractivity contribution is 0.874. The first kappa shape index (κ1) is 28.6. The van der Waals surface area contributed by atoms with Gasteiger partial charge in [0.2, 0.25) is 0 Å². The molecule has 1 rings (SSSR count). The number of rotatable bonds is 0. The first-order chi connectivity index (χ1) is 14.3. The van der Waals surface area contributed by atoms with E-state index in [1.165, 1.54) is 22.3 Å². The molecule has 32 heavy (non-hydrogen) atoms. The Morgan fingerprint density at radius 1 is 0.344 bits per heavy atom. The highest BCUT2D eigenvalue weighted by molar-refractivity contribution is 6.85. The molecule has 0 bridgehead atoms. The van der Waals surface area contributed by atoms with Crippen LogP contribution in [0.3, 0.4) is 0 Å². The maximum absolute atomic E-state index is 3.60. The molecule has 0 aliphatic heterocycles. The highest BCUT2D eigenvalue weighted by Crippen LogP contribution is 2.27. The van der Waals surface area contributed by atoms with Gasteiger partial charge in [0, 0.05) is 22.3 Å². The predicted octanol–water partition coefficient (Wildman–Crippen LogP) is 7.68. The third-order valence-electron chi connectivity index (χ3n) is 4.33. The van der Waals surface area contributed by atoms with Crippen molar-refractivity contribution < 1.29 is 0 Å². The molecule has 0 aromatic rings. The lowest BCUT2D eigenvalue weighted by Gasteiger charge is -2.16. The second-order valence-corrected chi connectivity index (χ2v) is 31.9. The van der Waals surface area contributed by atoms with Crippen LogP contribution in [0.1, 0.15) is 25.7 Å². The summed E-state index contributed by atoms with van der Waals surface area (Å²) in [7, 11) is -5.80. The molecule has 0 radical (unpaired) electrons. The molecule has 172 valence electrons. The van der Waals surface area contributed by atoms with Crippen LogP contribution in [-0.4, -0.2) is 32.3 Å². The summed E-state index contributed by atoms with van der Waals surface area (Å²) in [6.07, 6.45) is 3.73. The highest BCUT2D eigenvalue weighted by atomic mass is 28.3. The Balaban J connectivity index is 3.58. The van der Waals surface area contributed by atoms with Crippen LogP contribution in [0.15, 0.2) is 22.3 Å². The quantitative estimate of drug-likeness (QED) is 0.240. The molecule has 0 saturated carbocycles. The van der Waals surface area contributed by atoms with Crippen molar-refractivity contribution in [2.45, 2.75) is 104 Å². The fourth-order valence-electron chi connectivity index (χ4n) is 2.71. The first-order valence-corrected chi connectivity index (χ1v) is 25.9. The van der Waals surface area contributed by atoms with E-state index in [1.807, 2.05) is 0 Å². The molecule has 0 aromatic heterocycles. The maximum atomic E-state index is 3.60. The fraction of sp³-hybridized carbons (Fsp3) is 0.571. The number of hydrogen-bond donors (Lipinski definition) is 0. The average Bonchev–Trinajstić information content (AvgIpc) is 2.55. The summed E-state index contributed by atoms with van der Waals surface area (Å²) >= 11 is 0. The van der Waals surface area contributed by atoms with Crippen molar-refractivity contribution in [3.63, 3.8) is 0 Å². The minimum absolute atomic E-state index is 0.932. The van der Waals surface area contributed by atoms with Gasteiger partial charge in [-0.15, -0.1) is 22.2 Å². The van der Waals surface area contributed by atoms with Gasteiger partial charge >= 0.3 is 0 Å². The maximum Gasteiger partial charge on any atom is 0.129 e. The normalized spacial score (nSPS) is 20.1. The summed E-state index contributed by atoms with van der Waals surface area (Å²) in [5.74, 6) is 14.4. The molecule has 0 saturated heterocycles. The van der Waals surface area contributed by atoms with E-state index in [0.29, 0.717) is 0 Å². The third-order valence-corrected chi connectivity index (χ3v) is 7.83. The van der Waals surface area contributed by atoms with Gasteiger partial charge in [-0.2, -0.15) is 0 Å². The highest BCUT2D eigenvalue weighted by Gasteiger charge is 2.17. The van der Waals surface area contributed by atoms with E-state index in [0.717, 1.165) is 25.7 Å². The Kier molecular flexibility index (Phi) is 9.96.